The summed E-state index contributed by atoms with van der Waals surface area (Å²) in [6, 6.07) is 15.6. The monoisotopic (exact) mass is 463 g/mol. The molecule has 0 saturated carbocycles. The van der Waals surface area contributed by atoms with Crippen molar-refractivity contribution in [2.75, 3.05) is 38.3 Å². The van der Waals surface area contributed by atoms with Crippen LogP contribution in [0.1, 0.15) is 41.8 Å². The van der Waals surface area contributed by atoms with E-state index in [-0.39, 0.29) is 11.9 Å². The van der Waals surface area contributed by atoms with E-state index in [0.29, 0.717) is 37.0 Å². The van der Waals surface area contributed by atoms with Gasteiger partial charge in [-0.25, -0.2) is 0 Å². The maximum atomic E-state index is 13.8. The minimum atomic E-state index is -0.0730. The third-order valence-electron chi connectivity index (χ3n) is 6.41. The Morgan fingerprint density at radius 1 is 1.18 bits per heavy atom. The molecule has 0 radical (unpaired) electrons. The van der Waals surface area contributed by atoms with Crippen molar-refractivity contribution >= 4 is 11.8 Å². The van der Waals surface area contributed by atoms with Crippen LogP contribution in [0.3, 0.4) is 0 Å². The third kappa shape index (κ3) is 4.94. The number of rotatable bonds is 8. The summed E-state index contributed by atoms with van der Waals surface area (Å²) in [4.78, 5) is 17.9. The molecule has 1 aliphatic rings. The zero-order valence-corrected chi connectivity index (χ0v) is 20.4. The molecule has 1 atom stereocenters. The molecule has 0 spiro atoms. The van der Waals surface area contributed by atoms with Gasteiger partial charge in [0.25, 0.3) is 5.91 Å². The fourth-order valence-corrected chi connectivity index (χ4v) is 4.27. The molecule has 2 aromatic carbocycles. The van der Waals surface area contributed by atoms with E-state index in [1.165, 1.54) is 0 Å². The van der Waals surface area contributed by atoms with Gasteiger partial charge in [-0.1, -0.05) is 48.0 Å². The van der Waals surface area contributed by atoms with Gasteiger partial charge in [-0.3, -0.25) is 4.79 Å². The molecule has 0 bridgehead atoms. The minimum absolute atomic E-state index is 0.00945. The number of para-hydroxylation sites is 1. The number of aryl methyl sites for hydroxylation is 1. The van der Waals surface area contributed by atoms with Crippen LogP contribution in [-0.2, 0) is 11.3 Å². The summed E-state index contributed by atoms with van der Waals surface area (Å²) in [5.74, 6) is 1.20. The Bertz CT molecular complexity index is 1120. The number of hydrogen-bond donors (Lipinski definition) is 0. The lowest BCUT2D eigenvalue weighted by Gasteiger charge is -2.31. The Morgan fingerprint density at radius 3 is 2.65 bits per heavy atom. The molecule has 1 amide bonds. The van der Waals surface area contributed by atoms with E-state index in [1.54, 1.807) is 7.11 Å². The van der Waals surface area contributed by atoms with Crippen LogP contribution in [0.4, 0.5) is 5.88 Å². The molecular weight excluding hydrogens is 430 g/mol. The molecule has 180 valence electrons. The first kappa shape index (κ1) is 23.8. The van der Waals surface area contributed by atoms with Gasteiger partial charge in [0.15, 0.2) is 0 Å². The van der Waals surface area contributed by atoms with E-state index in [0.717, 1.165) is 41.9 Å². The van der Waals surface area contributed by atoms with Gasteiger partial charge in [0, 0.05) is 24.7 Å². The lowest BCUT2D eigenvalue weighted by Crippen LogP contribution is -2.40. The van der Waals surface area contributed by atoms with Crippen molar-refractivity contribution in [3.63, 3.8) is 0 Å². The van der Waals surface area contributed by atoms with Crippen molar-refractivity contribution in [3.05, 3.63) is 65.2 Å². The first-order valence-electron chi connectivity index (χ1n) is 11.9. The average Bonchev–Trinajstić information content (AvgIpc) is 3.30. The Kier molecular flexibility index (Phi) is 7.53. The molecule has 7 nitrogen and oxygen atoms in total. The molecule has 0 N–H and O–H groups in total. The van der Waals surface area contributed by atoms with E-state index in [9.17, 15) is 4.79 Å². The standard InChI is InChI=1S/C27H33N3O4/c1-5-20(3)30(26(31)22-11-6-7-12-24(22)32-4)18-23-25(21-10-8-9-19(2)17-21)28-34-27(23)29-13-15-33-16-14-29/h6-12,17,20H,5,13-16,18H2,1-4H3. The van der Waals surface area contributed by atoms with Gasteiger partial charge in [-0.05, 0) is 38.5 Å². The molecule has 4 rings (SSSR count). The number of morpholine rings is 1. The number of benzene rings is 2. The van der Waals surface area contributed by atoms with Crippen LogP contribution in [0.5, 0.6) is 5.75 Å². The normalized spacial score (nSPS) is 14.6. The van der Waals surface area contributed by atoms with Crippen molar-refractivity contribution in [2.24, 2.45) is 0 Å². The quantitative estimate of drug-likeness (QED) is 0.472. The number of ether oxygens (including phenoxy) is 2. The number of hydrogen-bond acceptors (Lipinski definition) is 6. The number of nitrogens with zero attached hydrogens (tertiary/aromatic N) is 3. The zero-order valence-electron chi connectivity index (χ0n) is 20.4. The van der Waals surface area contributed by atoms with Gasteiger partial charge in [-0.2, -0.15) is 0 Å². The molecule has 0 aliphatic carbocycles. The van der Waals surface area contributed by atoms with Crippen LogP contribution in [0.15, 0.2) is 53.1 Å². The summed E-state index contributed by atoms with van der Waals surface area (Å²) in [7, 11) is 1.59. The molecule has 7 heteroatoms. The number of anilines is 1. The summed E-state index contributed by atoms with van der Waals surface area (Å²) in [5.41, 5.74) is 4.35. The molecule has 2 heterocycles. The van der Waals surface area contributed by atoms with Gasteiger partial charge in [0.1, 0.15) is 11.4 Å². The summed E-state index contributed by atoms with van der Waals surface area (Å²) in [6.07, 6.45) is 0.818. The lowest BCUT2D eigenvalue weighted by atomic mass is 10.0. The van der Waals surface area contributed by atoms with Crippen molar-refractivity contribution in [1.29, 1.82) is 0 Å². The van der Waals surface area contributed by atoms with Crippen LogP contribution >= 0.6 is 0 Å². The maximum absolute atomic E-state index is 13.8. The molecule has 34 heavy (non-hydrogen) atoms. The molecular formula is C27H33N3O4. The number of amides is 1. The molecule has 3 aromatic rings. The Morgan fingerprint density at radius 2 is 1.94 bits per heavy atom. The van der Waals surface area contributed by atoms with Crippen LogP contribution in [0.25, 0.3) is 11.3 Å². The zero-order chi connectivity index (χ0) is 24.1. The summed E-state index contributed by atoms with van der Waals surface area (Å²) < 4.78 is 17.0. The van der Waals surface area contributed by atoms with E-state index < -0.39 is 0 Å². The largest absolute Gasteiger partial charge is 0.496 e. The van der Waals surface area contributed by atoms with Crippen LogP contribution in [0.2, 0.25) is 0 Å². The number of methoxy groups -OCH3 is 1. The number of carbonyl (C=O) groups is 1. The fourth-order valence-electron chi connectivity index (χ4n) is 4.27. The number of aromatic nitrogens is 1. The topological polar surface area (TPSA) is 68.0 Å². The predicted octanol–water partition coefficient (Wildman–Crippen LogP) is 4.94. The van der Waals surface area contributed by atoms with Gasteiger partial charge in [0.05, 0.1) is 38.0 Å². The third-order valence-corrected chi connectivity index (χ3v) is 6.41. The molecule has 1 saturated heterocycles. The van der Waals surface area contributed by atoms with E-state index in [4.69, 9.17) is 14.0 Å². The fraction of sp³-hybridized carbons (Fsp3) is 0.407. The highest BCUT2D eigenvalue weighted by Crippen LogP contribution is 2.34. The SMILES string of the molecule is CCC(C)N(Cc1c(-c2cccc(C)c2)noc1N1CCOCC1)C(=O)c1ccccc1OC. The van der Waals surface area contributed by atoms with E-state index in [2.05, 4.69) is 43.0 Å². The van der Waals surface area contributed by atoms with Gasteiger partial charge in [0.2, 0.25) is 5.88 Å². The summed E-state index contributed by atoms with van der Waals surface area (Å²) in [5, 5.41) is 4.49. The molecule has 1 aromatic heterocycles. The molecule has 1 fully saturated rings. The smallest absolute Gasteiger partial charge is 0.258 e. The van der Waals surface area contributed by atoms with Crippen molar-refractivity contribution in [1.82, 2.24) is 10.1 Å². The number of carbonyl (C=O) groups excluding carboxylic acids is 1. The molecule has 1 unspecified atom stereocenters. The first-order chi connectivity index (χ1) is 16.5. The van der Waals surface area contributed by atoms with Crippen LogP contribution in [0, 0.1) is 6.92 Å². The maximum Gasteiger partial charge on any atom is 0.258 e. The highest BCUT2D eigenvalue weighted by Gasteiger charge is 2.30. The second-order valence-electron chi connectivity index (χ2n) is 8.67. The summed E-state index contributed by atoms with van der Waals surface area (Å²) >= 11 is 0. The Hall–Kier alpha value is -3.32. The average molecular weight is 464 g/mol. The van der Waals surface area contributed by atoms with E-state index in [1.807, 2.05) is 41.3 Å². The highest BCUT2D eigenvalue weighted by molar-refractivity contribution is 5.97. The lowest BCUT2D eigenvalue weighted by molar-refractivity contribution is 0.0668. The van der Waals surface area contributed by atoms with Crippen LogP contribution in [-0.4, -0.2) is 55.4 Å². The van der Waals surface area contributed by atoms with E-state index >= 15 is 0 Å². The predicted molar refractivity (Wildman–Crippen MR) is 132 cm³/mol. The summed E-state index contributed by atoms with van der Waals surface area (Å²) in [6.45, 7) is 9.31. The van der Waals surface area contributed by atoms with Crippen molar-refractivity contribution < 1.29 is 18.8 Å². The first-order valence-corrected chi connectivity index (χ1v) is 11.9. The second kappa shape index (κ2) is 10.7. The Labute approximate surface area is 201 Å². The van der Waals surface area contributed by atoms with Crippen molar-refractivity contribution in [2.45, 2.75) is 39.8 Å². The van der Waals surface area contributed by atoms with Gasteiger partial charge < -0.3 is 23.8 Å². The minimum Gasteiger partial charge on any atom is -0.496 e. The highest BCUT2D eigenvalue weighted by atomic mass is 16.5. The second-order valence-corrected chi connectivity index (χ2v) is 8.67. The van der Waals surface area contributed by atoms with Crippen LogP contribution < -0.4 is 9.64 Å². The van der Waals surface area contributed by atoms with Crippen molar-refractivity contribution in [3.8, 4) is 17.0 Å². The molecule has 1 aliphatic heterocycles. The van der Waals surface area contributed by atoms with Gasteiger partial charge >= 0.3 is 0 Å². The van der Waals surface area contributed by atoms with Gasteiger partial charge in [-0.15, -0.1) is 0 Å². The Balaban J connectivity index is 1.78.